The summed E-state index contributed by atoms with van der Waals surface area (Å²) in [7, 11) is 0. The van der Waals surface area contributed by atoms with Gasteiger partial charge in [0.1, 0.15) is 11.9 Å². The number of aliphatic hydroxyl groups is 2. The lowest BCUT2D eigenvalue weighted by Gasteiger charge is -2.17. The van der Waals surface area contributed by atoms with Crippen LogP contribution in [0.3, 0.4) is 0 Å². The van der Waals surface area contributed by atoms with Crippen LogP contribution in [0.1, 0.15) is 17.2 Å². The molecule has 0 radical (unpaired) electrons. The van der Waals surface area contributed by atoms with E-state index < -0.39 is 12.2 Å². The summed E-state index contributed by atoms with van der Waals surface area (Å²) in [4.78, 5) is 2.45. The number of hydrogen-bond donors (Lipinski definition) is 3. The number of nitrogens with zero attached hydrogens (tertiary/aromatic N) is 4. The van der Waals surface area contributed by atoms with E-state index in [9.17, 15) is 15.3 Å². The Hall–Kier alpha value is -2.26. The fraction of sp³-hybridized carbons (Fsp3) is 0.300. The number of rotatable bonds is 4. The molecule has 2 unspecified atom stereocenters. The lowest BCUT2D eigenvalue weighted by atomic mass is 10.0. The number of azide groups is 1. The van der Waals surface area contributed by atoms with E-state index in [0.29, 0.717) is 0 Å². The van der Waals surface area contributed by atoms with Crippen molar-refractivity contribution in [1.82, 2.24) is 0 Å². The minimum Gasteiger partial charge on any atom is -0.508 e. The average Bonchev–Trinajstić information content (AvgIpc) is 2.35. The molecule has 7 heteroatoms. The van der Waals surface area contributed by atoms with E-state index in [2.05, 4.69) is 10.0 Å². The van der Waals surface area contributed by atoms with Crippen molar-refractivity contribution in [3.8, 4) is 11.8 Å². The van der Waals surface area contributed by atoms with Gasteiger partial charge in [-0.15, -0.1) is 0 Å². The maximum Gasteiger partial charge on any atom is 0.121 e. The van der Waals surface area contributed by atoms with Crippen molar-refractivity contribution >= 4 is 0 Å². The van der Waals surface area contributed by atoms with Crippen LogP contribution < -0.4 is 0 Å². The van der Waals surface area contributed by atoms with Gasteiger partial charge in [-0.1, -0.05) is 5.11 Å². The van der Waals surface area contributed by atoms with Crippen LogP contribution in [0.25, 0.3) is 10.4 Å². The van der Waals surface area contributed by atoms with Crippen LogP contribution >= 0.6 is 0 Å². The second-order valence-electron chi connectivity index (χ2n) is 3.31. The topological polar surface area (TPSA) is 133 Å². The summed E-state index contributed by atoms with van der Waals surface area (Å²) in [5, 5.41) is 40.5. The molecule has 0 bridgehead atoms. The highest BCUT2D eigenvalue weighted by molar-refractivity contribution is 5.42. The van der Waals surface area contributed by atoms with Gasteiger partial charge in [-0.25, -0.2) is 0 Å². The summed E-state index contributed by atoms with van der Waals surface area (Å²) < 4.78 is 0. The van der Waals surface area contributed by atoms with Gasteiger partial charge in [0.05, 0.1) is 24.3 Å². The van der Waals surface area contributed by atoms with E-state index in [4.69, 9.17) is 10.8 Å². The second-order valence-corrected chi connectivity index (χ2v) is 3.31. The van der Waals surface area contributed by atoms with Gasteiger partial charge in [0, 0.05) is 10.5 Å². The third kappa shape index (κ3) is 3.09. The highest BCUT2D eigenvalue weighted by Gasteiger charge is 2.21. The van der Waals surface area contributed by atoms with Gasteiger partial charge in [-0.05, 0) is 23.7 Å². The Kier molecular flexibility index (Phi) is 4.31. The largest absolute Gasteiger partial charge is 0.508 e. The van der Waals surface area contributed by atoms with Crippen molar-refractivity contribution in [2.24, 2.45) is 5.11 Å². The minimum atomic E-state index is -1.42. The Morgan fingerprint density at radius 1 is 1.47 bits per heavy atom. The molecule has 1 rings (SSSR count). The van der Waals surface area contributed by atoms with Gasteiger partial charge in [-0.2, -0.15) is 5.26 Å². The second kappa shape index (κ2) is 5.72. The predicted molar refractivity (Wildman–Crippen MR) is 57.8 cm³/mol. The van der Waals surface area contributed by atoms with Crippen molar-refractivity contribution in [3.05, 3.63) is 39.8 Å². The predicted octanol–water partition coefficient (Wildman–Crippen LogP) is 0.968. The fourth-order valence-corrected chi connectivity index (χ4v) is 1.29. The lowest BCUT2D eigenvalue weighted by Crippen LogP contribution is -2.21. The van der Waals surface area contributed by atoms with Crippen LogP contribution in [0, 0.1) is 11.3 Å². The molecule has 0 fully saturated rings. The van der Waals surface area contributed by atoms with Crippen molar-refractivity contribution in [2.75, 3.05) is 6.54 Å². The Morgan fingerprint density at radius 2 is 2.18 bits per heavy atom. The van der Waals surface area contributed by atoms with E-state index in [-0.39, 0.29) is 23.4 Å². The number of nitriles is 1. The van der Waals surface area contributed by atoms with E-state index in [1.54, 1.807) is 0 Å². The van der Waals surface area contributed by atoms with Crippen molar-refractivity contribution < 1.29 is 15.3 Å². The molecule has 0 heterocycles. The molecule has 2 atom stereocenters. The highest BCUT2D eigenvalue weighted by atomic mass is 16.3. The number of aliphatic hydroxyl groups excluding tert-OH is 2. The van der Waals surface area contributed by atoms with E-state index in [1.165, 1.54) is 18.2 Å². The van der Waals surface area contributed by atoms with Gasteiger partial charge < -0.3 is 15.3 Å². The maximum absolute atomic E-state index is 9.71. The fourth-order valence-electron chi connectivity index (χ4n) is 1.29. The molecule has 0 spiro atoms. The Labute approximate surface area is 96.8 Å². The summed E-state index contributed by atoms with van der Waals surface area (Å²) in [6, 6.07) is 5.74. The van der Waals surface area contributed by atoms with Crippen LogP contribution in [0.5, 0.6) is 5.75 Å². The molecular formula is C10H10N4O3. The standard InChI is InChI=1S/C10H10N4O3/c11-4-6-1-2-8(15)7(3-6)10(17)9(16)5-13-14-12/h1-3,9-10,15-17H,5H2. The summed E-state index contributed by atoms with van der Waals surface area (Å²) >= 11 is 0. The lowest BCUT2D eigenvalue weighted by molar-refractivity contribution is 0.0230. The number of phenols is 1. The highest BCUT2D eigenvalue weighted by Crippen LogP contribution is 2.27. The van der Waals surface area contributed by atoms with E-state index in [1.807, 2.05) is 6.07 Å². The zero-order chi connectivity index (χ0) is 12.8. The Balaban J connectivity index is 2.98. The normalized spacial score (nSPS) is 13.2. The SMILES string of the molecule is N#Cc1ccc(O)c(C(O)C(O)CN=[N+]=[N-])c1. The summed E-state index contributed by atoms with van der Waals surface area (Å²) in [5.74, 6) is -0.239. The first-order valence-electron chi connectivity index (χ1n) is 4.70. The molecule has 1 aromatic rings. The van der Waals surface area contributed by atoms with Gasteiger partial charge in [0.15, 0.2) is 0 Å². The maximum atomic E-state index is 9.71. The molecule has 7 nitrogen and oxygen atoms in total. The first kappa shape index (κ1) is 12.8. The van der Waals surface area contributed by atoms with Crippen LogP contribution in [0.15, 0.2) is 23.3 Å². The van der Waals surface area contributed by atoms with Gasteiger partial charge in [0.2, 0.25) is 0 Å². The molecule has 88 valence electrons. The Bertz CT molecular complexity index is 491. The van der Waals surface area contributed by atoms with Crippen molar-refractivity contribution in [2.45, 2.75) is 12.2 Å². The minimum absolute atomic E-state index is 0.0182. The first-order chi connectivity index (χ1) is 8.10. The van der Waals surface area contributed by atoms with Crippen LogP contribution in [0.4, 0.5) is 0 Å². The molecular weight excluding hydrogens is 224 g/mol. The molecule has 0 saturated heterocycles. The summed E-state index contributed by atoms with van der Waals surface area (Å²) in [6.07, 6.45) is -2.76. The molecule has 0 aliphatic heterocycles. The van der Waals surface area contributed by atoms with Crippen molar-refractivity contribution in [3.63, 3.8) is 0 Å². The zero-order valence-corrected chi connectivity index (χ0v) is 8.72. The van der Waals surface area contributed by atoms with E-state index in [0.717, 1.165) is 0 Å². The van der Waals surface area contributed by atoms with Gasteiger partial charge >= 0.3 is 0 Å². The number of hydrogen-bond acceptors (Lipinski definition) is 5. The summed E-state index contributed by atoms with van der Waals surface area (Å²) in [6.45, 7) is -0.326. The quantitative estimate of drug-likeness (QED) is 0.406. The monoisotopic (exact) mass is 234 g/mol. The molecule has 0 amide bonds. The summed E-state index contributed by atoms with van der Waals surface area (Å²) in [5.41, 5.74) is 8.34. The van der Waals surface area contributed by atoms with Gasteiger partial charge in [0.25, 0.3) is 0 Å². The number of benzene rings is 1. The van der Waals surface area contributed by atoms with Gasteiger partial charge in [-0.3, -0.25) is 0 Å². The number of aromatic hydroxyl groups is 1. The average molecular weight is 234 g/mol. The van der Waals surface area contributed by atoms with Crippen molar-refractivity contribution in [1.29, 1.82) is 5.26 Å². The molecule has 0 aromatic heterocycles. The molecule has 0 aliphatic rings. The molecule has 0 aliphatic carbocycles. The third-order valence-electron chi connectivity index (χ3n) is 2.17. The zero-order valence-electron chi connectivity index (χ0n) is 8.72. The molecule has 0 saturated carbocycles. The first-order valence-corrected chi connectivity index (χ1v) is 4.70. The molecule has 17 heavy (non-hydrogen) atoms. The molecule has 3 N–H and O–H groups in total. The van der Waals surface area contributed by atoms with E-state index >= 15 is 0 Å². The Morgan fingerprint density at radius 3 is 2.76 bits per heavy atom. The third-order valence-corrected chi connectivity index (χ3v) is 2.17. The number of phenolic OH excluding ortho intramolecular Hbond substituents is 1. The molecule has 1 aromatic carbocycles. The van der Waals surface area contributed by atoms with Crippen LogP contribution in [0.2, 0.25) is 0 Å². The smallest absolute Gasteiger partial charge is 0.121 e. The van der Waals surface area contributed by atoms with Crippen LogP contribution in [-0.4, -0.2) is 28.0 Å². The van der Waals surface area contributed by atoms with Crippen LogP contribution in [-0.2, 0) is 0 Å².